The van der Waals surface area contributed by atoms with Crippen molar-refractivity contribution in [3.8, 4) is 0 Å². The van der Waals surface area contributed by atoms with Gasteiger partial charge in [0.05, 0.1) is 6.04 Å². The van der Waals surface area contributed by atoms with Crippen molar-refractivity contribution >= 4 is 34.7 Å². The molecule has 2 unspecified atom stereocenters. The number of carbonyl (C=O) groups is 1. The summed E-state index contributed by atoms with van der Waals surface area (Å²) in [6, 6.07) is 10.5. The number of aryl methyl sites for hydroxylation is 1. The van der Waals surface area contributed by atoms with Crippen LogP contribution in [0.5, 0.6) is 0 Å². The Morgan fingerprint density at radius 1 is 1.23 bits per heavy atom. The zero-order valence-electron chi connectivity index (χ0n) is 17.6. The van der Waals surface area contributed by atoms with E-state index in [4.69, 9.17) is 11.6 Å². The predicted octanol–water partition coefficient (Wildman–Crippen LogP) is 4.67. The molecule has 7 heteroatoms. The number of hydrogen-bond acceptors (Lipinski definition) is 4. The number of benzene rings is 1. The van der Waals surface area contributed by atoms with E-state index in [1.807, 2.05) is 12.1 Å². The first-order valence-corrected chi connectivity index (χ1v) is 12.2. The van der Waals surface area contributed by atoms with Crippen LogP contribution in [0.3, 0.4) is 0 Å². The molecule has 0 bridgehead atoms. The van der Waals surface area contributed by atoms with Crippen molar-refractivity contribution < 1.29 is 4.79 Å². The molecule has 2 fully saturated rings. The van der Waals surface area contributed by atoms with Crippen LogP contribution >= 0.6 is 22.9 Å². The van der Waals surface area contributed by atoms with Gasteiger partial charge in [-0.1, -0.05) is 23.7 Å². The molecule has 2 atom stereocenters. The SMILES string of the molecule is Cc1ccc(Cl)cc1N1CCC(CNC(=O)NCC(c2cccs2)N2CCCC2)C1. The van der Waals surface area contributed by atoms with Gasteiger partial charge in [0, 0.05) is 41.8 Å². The highest BCUT2D eigenvalue weighted by Crippen LogP contribution is 2.29. The van der Waals surface area contributed by atoms with E-state index in [9.17, 15) is 4.79 Å². The Morgan fingerprint density at radius 2 is 2.07 bits per heavy atom. The Bertz CT molecular complexity index is 838. The number of anilines is 1. The van der Waals surface area contributed by atoms with Crippen LogP contribution in [0, 0.1) is 12.8 Å². The molecule has 5 nitrogen and oxygen atoms in total. The van der Waals surface area contributed by atoms with Gasteiger partial charge in [0.1, 0.15) is 0 Å². The molecule has 2 aromatic rings. The molecule has 0 saturated carbocycles. The standard InChI is InChI=1S/C23H31ClN4OS/c1-17-6-7-19(24)13-20(17)28-11-8-18(16-28)14-25-23(29)26-15-21(22-5-4-12-30-22)27-9-2-3-10-27/h4-7,12-13,18,21H,2-3,8-11,14-16H2,1H3,(H2,25,26,29). The summed E-state index contributed by atoms with van der Waals surface area (Å²) in [5.41, 5.74) is 2.45. The normalized spacial score (nSPS) is 20.5. The molecule has 2 aliphatic heterocycles. The van der Waals surface area contributed by atoms with Crippen LogP contribution in [0.1, 0.15) is 35.7 Å². The lowest BCUT2D eigenvalue weighted by atomic mass is 10.1. The molecule has 0 radical (unpaired) electrons. The number of rotatable bonds is 7. The lowest BCUT2D eigenvalue weighted by molar-refractivity contribution is 0.221. The average Bonchev–Trinajstić information content (AvgIpc) is 3.51. The maximum atomic E-state index is 12.5. The highest BCUT2D eigenvalue weighted by Gasteiger charge is 2.26. The van der Waals surface area contributed by atoms with E-state index in [-0.39, 0.29) is 12.1 Å². The maximum absolute atomic E-state index is 12.5. The third-order valence-electron chi connectivity index (χ3n) is 6.26. The number of nitrogens with one attached hydrogen (secondary N) is 2. The molecule has 2 saturated heterocycles. The smallest absolute Gasteiger partial charge is 0.314 e. The van der Waals surface area contributed by atoms with Gasteiger partial charge < -0.3 is 15.5 Å². The molecule has 1 aromatic heterocycles. The highest BCUT2D eigenvalue weighted by atomic mass is 35.5. The number of halogens is 1. The first-order chi connectivity index (χ1) is 14.6. The second-order valence-corrected chi connectivity index (χ2v) is 9.81. The van der Waals surface area contributed by atoms with Crippen molar-refractivity contribution in [2.75, 3.05) is 44.2 Å². The fraction of sp³-hybridized carbons (Fsp3) is 0.522. The third kappa shape index (κ3) is 5.29. The molecule has 30 heavy (non-hydrogen) atoms. The zero-order chi connectivity index (χ0) is 20.9. The molecular weight excluding hydrogens is 416 g/mol. The highest BCUT2D eigenvalue weighted by molar-refractivity contribution is 7.10. The van der Waals surface area contributed by atoms with Gasteiger partial charge in [0.15, 0.2) is 0 Å². The van der Waals surface area contributed by atoms with Crippen molar-refractivity contribution in [2.45, 2.75) is 32.2 Å². The summed E-state index contributed by atoms with van der Waals surface area (Å²) in [4.78, 5) is 18.7. The van der Waals surface area contributed by atoms with Crippen molar-refractivity contribution in [3.63, 3.8) is 0 Å². The fourth-order valence-electron chi connectivity index (χ4n) is 4.57. The van der Waals surface area contributed by atoms with E-state index in [0.717, 1.165) is 37.6 Å². The van der Waals surface area contributed by atoms with Crippen LogP contribution in [0.2, 0.25) is 5.02 Å². The Hall–Kier alpha value is -1.76. The number of nitrogens with zero attached hydrogens (tertiary/aromatic N) is 2. The summed E-state index contributed by atoms with van der Waals surface area (Å²) in [5.74, 6) is 0.459. The second kappa shape index (κ2) is 10.0. The molecule has 2 aliphatic rings. The van der Waals surface area contributed by atoms with Crippen LogP contribution in [0.4, 0.5) is 10.5 Å². The fourth-order valence-corrected chi connectivity index (χ4v) is 5.60. The van der Waals surface area contributed by atoms with Crippen molar-refractivity contribution in [1.82, 2.24) is 15.5 Å². The molecule has 2 amide bonds. The quantitative estimate of drug-likeness (QED) is 0.649. The summed E-state index contributed by atoms with van der Waals surface area (Å²) in [6.45, 7) is 7.67. The molecule has 0 spiro atoms. The Balaban J connectivity index is 1.24. The third-order valence-corrected chi connectivity index (χ3v) is 7.47. The van der Waals surface area contributed by atoms with E-state index in [2.05, 4.69) is 50.9 Å². The number of thiophene rings is 1. The van der Waals surface area contributed by atoms with Gasteiger partial charge in [-0.05, 0) is 74.3 Å². The average molecular weight is 447 g/mol. The first kappa shape index (κ1) is 21.5. The van der Waals surface area contributed by atoms with Crippen molar-refractivity contribution in [3.05, 3.63) is 51.2 Å². The first-order valence-electron chi connectivity index (χ1n) is 10.9. The van der Waals surface area contributed by atoms with Gasteiger partial charge in [-0.25, -0.2) is 4.79 Å². The topological polar surface area (TPSA) is 47.6 Å². The summed E-state index contributed by atoms with van der Waals surface area (Å²) >= 11 is 7.96. The Morgan fingerprint density at radius 3 is 2.83 bits per heavy atom. The number of amides is 2. The zero-order valence-corrected chi connectivity index (χ0v) is 19.1. The molecule has 2 N–H and O–H groups in total. The number of urea groups is 1. The summed E-state index contributed by atoms with van der Waals surface area (Å²) in [5, 5.41) is 9.10. The van der Waals surface area contributed by atoms with Crippen LogP contribution in [-0.4, -0.2) is 50.2 Å². The monoisotopic (exact) mass is 446 g/mol. The van der Waals surface area contributed by atoms with Crippen LogP contribution in [0.15, 0.2) is 35.7 Å². The number of carbonyl (C=O) groups excluding carboxylic acids is 1. The van der Waals surface area contributed by atoms with Gasteiger partial charge in [0.25, 0.3) is 0 Å². The van der Waals surface area contributed by atoms with Gasteiger partial charge in [-0.15, -0.1) is 11.3 Å². The lowest BCUT2D eigenvalue weighted by Crippen LogP contribution is -2.43. The minimum atomic E-state index is -0.0619. The summed E-state index contributed by atoms with van der Waals surface area (Å²) < 4.78 is 0. The number of hydrogen-bond donors (Lipinski definition) is 2. The van der Waals surface area contributed by atoms with Crippen LogP contribution < -0.4 is 15.5 Å². The molecule has 3 heterocycles. The summed E-state index contributed by atoms with van der Waals surface area (Å²) in [6.07, 6.45) is 3.58. The van der Waals surface area contributed by atoms with E-state index in [1.165, 1.54) is 29.0 Å². The Kier molecular flexibility index (Phi) is 7.18. The van der Waals surface area contributed by atoms with Gasteiger partial charge in [0.2, 0.25) is 0 Å². The lowest BCUT2D eigenvalue weighted by Gasteiger charge is -2.27. The summed E-state index contributed by atoms with van der Waals surface area (Å²) in [7, 11) is 0. The van der Waals surface area contributed by atoms with Gasteiger partial charge in [-0.3, -0.25) is 4.90 Å². The number of likely N-dealkylation sites (tertiary alicyclic amines) is 1. The van der Waals surface area contributed by atoms with E-state index >= 15 is 0 Å². The Labute approximate surface area is 188 Å². The van der Waals surface area contributed by atoms with Crippen molar-refractivity contribution in [2.24, 2.45) is 5.92 Å². The maximum Gasteiger partial charge on any atom is 0.314 e. The molecular formula is C23H31ClN4OS. The minimum Gasteiger partial charge on any atom is -0.371 e. The minimum absolute atomic E-state index is 0.0619. The molecule has 0 aliphatic carbocycles. The van der Waals surface area contributed by atoms with Crippen LogP contribution in [-0.2, 0) is 0 Å². The van der Waals surface area contributed by atoms with E-state index < -0.39 is 0 Å². The van der Waals surface area contributed by atoms with Gasteiger partial charge in [-0.2, -0.15) is 0 Å². The second-order valence-electron chi connectivity index (χ2n) is 8.40. The van der Waals surface area contributed by atoms with E-state index in [1.54, 1.807) is 11.3 Å². The largest absolute Gasteiger partial charge is 0.371 e. The van der Waals surface area contributed by atoms with Crippen molar-refractivity contribution in [1.29, 1.82) is 0 Å². The molecule has 1 aromatic carbocycles. The molecule has 162 valence electrons. The molecule has 4 rings (SSSR count). The van der Waals surface area contributed by atoms with Crippen LogP contribution in [0.25, 0.3) is 0 Å². The van der Waals surface area contributed by atoms with E-state index in [0.29, 0.717) is 19.0 Å². The predicted molar refractivity (Wildman–Crippen MR) is 126 cm³/mol. The van der Waals surface area contributed by atoms with Gasteiger partial charge >= 0.3 is 6.03 Å².